The Balaban J connectivity index is 1.56. The predicted octanol–water partition coefficient (Wildman–Crippen LogP) is 7.64. The number of hydrogen-bond acceptors (Lipinski definition) is 3. The molecule has 1 aliphatic heterocycles. The number of ketones is 1. The van der Waals surface area contributed by atoms with E-state index >= 15 is 4.79 Å². The summed E-state index contributed by atoms with van der Waals surface area (Å²) in [4.78, 5) is 47.0. The van der Waals surface area contributed by atoms with Crippen molar-refractivity contribution in [1.82, 2.24) is 0 Å². The number of benzene rings is 5. The van der Waals surface area contributed by atoms with Crippen molar-refractivity contribution in [1.29, 1.82) is 0 Å². The second-order valence-corrected chi connectivity index (χ2v) is 12.5. The lowest BCUT2D eigenvalue weighted by atomic mass is 9.59. The molecule has 0 aromatic heterocycles. The lowest BCUT2D eigenvalue weighted by molar-refractivity contribution is -0.130. The standard InChI is InChI=1S/C39H26BrNO3/c40-29-22-13-23-30(24-29)41-35(42)33-34(36(41)43)39(28-20-11-4-12-21-28)32(26-16-7-2-8-17-26)31(25-14-5-1-6-15-25)38(33,37(39)44)27-18-9-3-10-19-27/h1-24,33-34H/t33-,34+,38-,39-/m0/s1. The zero-order valence-electron chi connectivity index (χ0n) is 23.6. The number of amides is 2. The first-order valence-corrected chi connectivity index (χ1v) is 15.5. The molecular formula is C39H26BrNO3. The first-order chi connectivity index (χ1) is 21.5. The maximum absolute atomic E-state index is 15.8. The fraction of sp³-hybridized carbons (Fsp3) is 0.103. The summed E-state index contributed by atoms with van der Waals surface area (Å²) in [5, 5.41) is 0. The van der Waals surface area contributed by atoms with E-state index in [-0.39, 0.29) is 17.6 Å². The van der Waals surface area contributed by atoms with Gasteiger partial charge in [0.25, 0.3) is 0 Å². The van der Waals surface area contributed by atoms with Crippen LogP contribution in [-0.4, -0.2) is 17.6 Å². The summed E-state index contributed by atoms with van der Waals surface area (Å²) < 4.78 is 0.760. The van der Waals surface area contributed by atoms with E-state index in [1.807, 2.05) is 133 Å². The van der Waals surface area contributed by atoms with Crippen molar-refractivity contribution in [2.75, 3.05) is 4.90 Å². The molecule has 0 radical (unpaired) electrons. The Morgan fingerprint density at radius 2 is 0.909 bits per heavy atom. The molecular weight excluding hydrogens is 610 g/mol. The van der Waals surface area contributed by atoms with E-state index in [0.717, 1.165) is 37.9 Å². The second-order valence-electron chi connectivity index (χ2n) is 11.6. The van der Waals surface area contributed by atoms with E-state index in [4.69, 9.17) is 0 Å². The zero-order chi connectivity index (χ0) is 30.1. The molecule has 1 saturated carbocycles. The van der Waals surface area contributed by atoms with Crippen LogP contribution in [0.1, 0.15) is 22.3 Å². The van der Waals surface area contributed by atoms with E-state index < -0.39 is 22.7 Å². The molecule has 212 valence electrons. The first kappa shape index (κ1) is 26.7. The molecule has 3 aliphatic rings. The van der Waals surface area contributed by atoms with Gasteiger partial charge < -0.3 is 0 Å². The topological polar surface area (TPSA) is 54.5 Å². The van der Waals surface area contributed by atoms with Crippen molar-refractivity contribution in [2.24, 2.45) is 11.8 Å². The average molecular weight is 637 g/mol. The quantitative estimate of drug-likeness (QED) is 0.187. The van der Waals surface area contributed by atoms with Crippen molar-refractivity contribution >= 4 is 50.4 Å². The molecule has 1 saturated heterocycles. The highest BCUT2D eigenvalue weighted by molar-refractivity contribution is 9.10. The number of halogens is 1. The van der Waals surface area contributed by atoms with E-state index in [9.17, 15) is 9.59 Å². The molecule has 5 aromatic carbocycles. The summed E-state index contributed by atoms with van der Waals surface area (Å²) in [6, 6.07) is 46.2. The van der Waals surface area contributed by atoms with Crippen molar-refractivity contribution in [2.45, 2.75) is 10.8 Å². The fourth-order valence-electron chi connectivity index (χ4n) is 8.20. The van der Waals surface area contributed by atoms with Gasteiger partial charge in [0.15, 0.2) is 5.78 Å². The molecule has 2 fully saturated rings. The van der Waals surface area contributed by atoms with Crippen LogP contribution in [0.3, 0.4) is 0 Å². The van der Waals surface area contributed by atoms with Gasteiger partial charge in [-0.25, -0.2) is 4.90 Å². The highest BCUT2D eigenvalue weighted by Crippen LogP contribution is 2.74. The molecule has 1 heterocycles. The monoisotopic (exact) mass is 635 g/mol. The van der Waals surface area contributed by atoms with E-state index in [0.29, 0.717) is 5.69 Å². The third-order valence-corrected chi connectivity index (χ3v) is 10.1. The van der Waals surface area contributed by atoms with Crippen molar-refractivity contribution in [3.8, 4) is 0 Å². The van der Waals surface area contributed by atoms with Gasteiger partial charge in [-0.3, -0.25) is 14.4 Å². The normalized spacial score (nSPS) is 25.6. The number of Topliss-reactive ketones (excluding diaryl/α,β-unsaturated/α-hetero) is 1. The molecule has 0 spiro atoms. The minimum atomic E-state index is -1.40. The third-order valence-electron chi connectivity index (χ3n) is 9.64. The Morgan fingerprint density at radius 3 is 1.32 bits per heavy atom. The number of allylic oxidation sites excluding steroid dienone is 2. The van der Waals surface area contributed by atoms with Crippen LogP contribution in [0.25, 0.3) is 11.1 Å². The molecule has 5 heteroatoms. The SMILES string of the molecule is O=C1[C@@H]2[C@H](C(=O)N1c1cccc(Br)c1)[C@@]1(c3ccccc3)C(=O)[C@@]2(c2ccccc2)C(c2ccccc2)=C1c1ccccc1. The maximum atomic E-state index is 15.8. The highest BCUT2D eigenvalue weighted by Gasteiger charge is 2.82. The second kappa shape index (κ2) is 9.83. The van der Waals surface area contributed by atoms with Crippen molar-refractivity contribution < 1.29 is 14.4 Å². The smallest absolute Gasteiger partial charge is 0.239 e. The predicted molar refractivity (Wildman–Crippen MR) is 175 cm³/mol. The molecule has 8 rings (SSSR count). The van der Waals surface area contributed by atoms with Gasteiger partial charge in [-0.1, -0.05) is 143 Å². The maximum Gasteiger partial charge on any atom is 0.239 e. The minimum Gasteiger partial charge on any atom is -0.297 e. The number of fused-ring (bicyclic) bond motifs is 5. The first-order valence-electron chi connectivity index (χ1n) is 14.7. The van der Waals surface area contributed by atoms with Crippen LogP contribution in [-0.2, 0) is 25.2 Å². The lowest BCUT2D eigenvalue weighted by Gasteiger charge is -2.39. The number of rotatable bonds is 5. The van der Waals surface area contributed by atoms with Crippen LogP contribution < -0.4 is 4.90 Å². The van der Waals surface area contributed by atoms with Gasteiger partial charge in [-0.2, -0.15) is 0 Å². The molecule has 2 amide bonds. The Bertz CT molecular complexity index is 1870. The third kappa shape index (κ3) is 3.30. The number of anilines is 1. The molecule has 0 unspecified atom stereocenters. The van der Waals surface area contributed by atoms with E-state index in [1.54, 1.807) is 12.1 Å². The summed E-state index contributed by atoms with van der Waals surface area (Å²) in [6.45, 7) is 0. The highest BCUT2D eigenvalue weighted by atomic mass is 79.9. The molecule has 4 nitrogen and oxygen atoms in total. The number of nitrogens with zero attached hydrogens (tertiary/aromatic N) is 1. The Hall–Kier alpha value is -4.87. The summed E-state index contributed by atoms with van der Waals surface area (Å²) in [7, 11) is 0. The van der Waals surface area contributed by atoms with Crippen LogP contribution in [0.5, 0.6) is 0 Å². The molecule has 44 heavy (non-hydrogen) atoms. The van der Waals surface area contributed by atoms with Crippen molar-refractivity contribution in [3.63, 3.8) is 0 Å². The van der Waals surface area contributed by atoms with Crippen LogP contribution >= 0.6 is 15.9 Å². The van der Waals surface area contributed by atoms with Gasteiger partial charge in [0.1, 0.15) is 0 Å². The summed E-state index contributed by atoms with van der Waals surface area (Å²) in [5.41, 5.74) is 2.45. The average Bonchev–Trinajstić information content (AvgIpc) is 3.58. The molecule has 2 bridgehead atoms. The van der Waals surface area contributed by atoms with Gasteiger partial charge in [-0.05, 0) is 51.6 Å². The van der Waals surface area contributed by atoms with Gasteiger partial charge >= 0.3 is 0 Å². The largest absolute Gasteiger partial charge is 0.297 e. The molecule has 2 aliphatic carbocycles. The van der Waals surface area contributed by atoms with Gasteiger partial charge in [0.05, 0.1) is 28.4 Å². The lowest BCUT2D eigenvalue weighted by Crippen LogP contribution is -2.45. The van der Waals surface area contributed by atoms with Crippen LogP contribution in [0.2, 0.25) is 0 Å². The number of carbonyl (C=O) groups excluding carboxylic acids is 3. The molecule has 0 N–H and O–H groups in total. The van der Waals surface area contributed by atoms with E-state index in [1.165, 1.54) is 4.90 Å². The van der Waals surface area contributed by atoms with Crippen LogP contribution in [0, 0.1) is 11.8 Å². The number of imide groups is 1. The van der Waals surface area contributed by atoms with Gasteiger partial charge in [0.2, 0.25) is 11.8 Å². The molecule has 5 aromatic rings. The van der Waals surface area contributed by atoms with Gasteiger partial charge in [0, 0.05) is 4.47 Å². The Morgan fingerprint density at radius 1 is 0.500 bits per heavy atom. The van der Waals surface area contributed by atoms with E-state index in [2.05, 4.69) is 15.9 Å². The minimum absolute atomic E-state index is 0.120. The number of carbonyl (C=O) groups is 3. The van der Waals surface area contributed by atoms with Crippen LogP contribution in [0.15, 0.2) is 150 Å². The Kier molecular flexibility index (Phi) is 5.97. The van der Waals surface area contributed by atoms with Crippen molar-refractivity contribution in [3.05, 3.63) is 172 Å². The summed E-state index contributed by atoms with van der Waals surface area (Å²) in [6.07, 6.45) is 0. The molecule has 4 atom stereocenters. The van der Waals surface area contributed by atoms with Gasteiger partial charge in [-0.15, -0.1) is 0 Å². The Labute approximate surface area is 263 Å². The fourth-order valence-corrected chi connectivity index (χ4v) is 8.59. The van der Waals surface area contributed by atoms with Crippen LogP contribution in [0.4, 0.5) is 5.69 Å². The summed E-state index contributed by atoms with van der Waals surface area (Å²) in [5.74, 6) is -2.70. The zero-order valence-corrected chi connectivity index (χ0v) is 25.1. The number of hydrogen-bond donors (Lipinski definition) is 0. The summed E-state index contributed by atoms with van der Waals surface area (Å²) >= 11 is 3.52.